The Balaban J connectivity index is 0.00000225. The Morgan fingerprint density at radius 3 is 2.71 bits per heavy atom. The molecule has 1 saturated carbocycles. The summed E-state index contributed by atoms with van der Waals surface area (Å²) in [6.45, 7) is 10.5. The topological polar surface area (TPSA) is 61.8 Å². The first-order chi connectivity index (χ1) is 13.1. The van der Waals surface area contributed by atoms with Crippen molar-refractivity contribution in [2.24, 2.45) is 16.3 Å². The van der Waals surface area contributed by atoms with Crippen LogP contribution < -0.4 is 15.5 Å². The number of ether oxygens (including phenoxy) is 1. The van der Waals surface area contributed by atoms with Gasteiger partial charge in [0, 0.05) is 55.9 Å². The van der Waals surface area contributed by atoms with Crippen LogP contribution in [0.1, 0.15) is 40.0 Å². The van der Waals surface area contributed by atoms with Gasteiger partial charge in [0.2, 0.25) is 0 Å². The first-order valence-corrected chi connectivity index (χ1v) is 10.4. The summed E-state index contributed by atoms with van der Waals surface area (Å²) in [5.41, 5.74) is 0.166. The van der Waals surface area contributed by atoms with Gasteiger partial charge in [-0.15, -0.1) is 24.0 Å². The summed E-state index contributed by atoms with van der Waals surface area (Å²) in [6, 6.07) is 7.03. The first kappa shape index (κ1) is 21.6. The second kappa shape index (κ2) is 9.15. The van der Waals surface area contributed by atoms with Crippen molar-refractivity contribution in [2.45, 2.75) is 58.2 Å². The minimum Gasteiger partial charge on any atom is -0.377 e. The molecule has 156 valence electrons. The van der Waals surface area contributed by atoms with Crippen LogP contribution in [0, 0.1) is 11.3 Å². The van der Waals surface area contributed by atoms with Crippen LogP contribution in [0.4, 0.5) is 5.82 Å². The predicted octanol–water partition coefficient (Wildman–Crippen LogP) is 3.04. The molecule has 3 atom stereocenters. The van der Waals surface area contributed by atoms with Gasteiger partial charge in [-0.1, -0.05) is 19.9 Å². The van der Waals surface area contributed by atoms with Crippen molar-refractivity contribution in [1.29, 1.82) is 0 Å². The Bertz CT molecular complexity index is 660. The first-order valence-electron chi connectivity index (χ1n) is 10.4. The Labute approximate surface area is 185 Å². The van der Waals surface area contributed by atoms with E-state index in [-0.39, 0.29) is 29.4 Å². The second-order valence-corrected chi connectivity index (χ2v) is 8.60. The third kappa shape index (κ3) is 4.25. The van der Waals surface area contributed by atoms with E-state index >= 15 is 0 Å². The summed E-state index contributed by atoms with van der Waals surface area (Å²) in [7, 11) is 0. The van der Waals surface area contributed by atoms with E-state index in [1.165, 1.54) is 0 Å². The normalized spacial score (nSPS) is 29.5. The molecule has 3 unspecified atom stereocenters. The molecule has 3 fully saturated rings. The van der Waals surface area contributed by atoms with Crippen LogP contribution in [0.2, 0.25) is 0 Å². The van der Waals surface area contributed by atoms with E-state index in [0.717, 1.165) is 57.3 Å². The molecular weight excluding hydrogens is 465 g/mol. The molecule has 28 heavy (non-hydrogen) atoms. The lowest BCUT2D eigenvalue weighted by molar-refractivity contribution is -0.106. The summed E-state index contributed by atoms with van der Waals surface area (Å²) >= 11 is 0. The number of halogens is 1. The van der Waals surface area contributed by atoms with Crippen LogP contribution in [-0.4, -0.2) is 55.4 Å². The molecule has 0 bridgehead atoms. The standard InChI is InChI=1S/C21H33N5O.HI/c1-4-22-20(25-18-16-10-14-27-19(16)21(18,2)3)24-15-8-12-26(13-9-15)17-7-5-6-11-23-17;/h5-7,11,15-16,18-19H,4,8-10,12-14H2,1-3H3,(H2,22,24,25);1H. The summed E-state index contributed by atoms with van der Waals surface area (Å²) in [5, 5.41) is 7.44. The molecule has 7 heteroatoms. The Kier molecular flexibility index (Phi) is 7.07. The lowest BCUT2D eigenvalue weighted by atomic mass is 9.57. The van der Waals surface area contributed by atoms with E-state index in [9.17, 15) is 0 Å². The van der Waals surface area contributed by atoms with Gasteiger partial charge in [-0.05, 0) is 38.3 Å². The van der Waals surface area contributed by atoms with Crippen molar-refractivity contribution in [1.82, 2.24) is 15.6 Å². The van der Waals surface area contributed by atoms with E-state index in [4.69, 9.17) is 9.73 Å². The van der Waals surface area contributed by atoms with Gasteiger partial charge in [-0.3, -0.25) is 4.99 Å². The SMILES string of the molecule is CCN=C(NC1CCN(c2ccccn2)CC1)NC1C2CCOC2C1(C)C.I. The molecule has 1 aromatic rings. The zero-order valence-electron chi connectivity index (χ0n) is 17.2. The maximum atomic E-state index is 5.93. The maximum absolute atomic E-state index is 5.93. The van der Waals surface area contributed by atoms with E-state index in [1.54, 1.807) is 0 Å². The predicted molar refractivity (Wildman–Crippen MR) is 125 cm³/mol. The summed E-state index contributed by atoms with van der Waals surface area (Å²) in [4.78, 5) is 11.6. The molecule has 2 N–H and O–H groups in total. The molecule has 1 aliphatic carbocycles. The monoisotopic (exact) mass is 499 g/mol. The lowest BCUT2D eigenvalue weighted by Gasteiger charge is -2.55. The molecule has 0 radical (unpaired) electrons. The zero-order chi connectivity index (χ0) is 18.9. The van der Waals surface area contributed by atoms with Crippen molar-refractivity contribution in [2.75, 3.05) is 31.1 Å². The zero-order valence-corrected chi connectivity index (χ0v) is 19.6. The average molecular weight is 499 g/mol. The minimum atomic E-state index is 0. The van der Waals surface area contributed by atoms with E-state index in [1.807, 2.05) is 12.3 Å². The average Bonchev–Trinajstić information content (AvgIpc) is 3.15. The van der Waals surface area contributed by atoms with Gasteiger partial charge in [0.1, 0.15) is 5.82 Å². The molecule has 0 amide bonds. The number of piperidine rings is 1. The van der Waals surface area contributed by atoms with Crippen molar-refractivity contribution < 1.29 is 4.74 Å². The van der Waals surface area contributed by atoms with Gasteiger partial charge in [0.05, 0.1) is 6.10 Å². The number of pyridine rings is 1. The van der Waals surface area contributed by atoms with Crippen LogP contribution in [0.25, 0.3) is 0 Å². The lowest BCUT2D eigenvalue weighted by Crippen LogP contribution is -2.68. The largest absolute Gasteiger partial charge is 0.377 e. The molecule has 2 aliphatic heterocycles. The molecule has 4 rings (SSSR count). The van der Waals surface area contributed by atoms with Crippen LogP contribution >= 0.6 is 24.0 Å². The summed E-state index contributed by atoms with van der Waals surface area (Å²) in [6.07, 6.45) is 5.64. The van der Waals surface area contributed by atoms with Crippen LogP contribution in [0.3, 0.4) is 0 Å². The third-order valence-electron chi connectivity index (χ3n) is 6.52. The highest BCUT2D eigenvalue weighted by Gasteiger charge is 2.59. The molecule has 2 saturated heterocycles. The molecule has 0 spiro atoms. The second-order valence-electron chi connectivity index (χ2n) is 8.60. The number of hydrogen-bond donors (Lipinski definition) is 2. The van der Waals surface area contributed by atoms with E-state index in [0.29, 0.717) is 24.1 Å². The fourth-order valence-electron chi connectivity index (χ4n) is 5.04. The van der Waals surface area contributed by atoms with Crippen LogP contribution in [-0.2, 0) is 4.74 Å². The number of aliphatic imine (C=N–C) groups is 1. The molecule has 3 heterocycles. The number of fused-ring (bicyclic) bond motifs is 1. The molecular formula is C21H34IN5O. The summed E-state index contributed by atoms with van der Waals surface area (Å²) in [5.74, 6) is 2.67. The molecule has 0 aromatic carbocycles. The third-order valence-corrected chi connectivity index (χ3v) is 6.52. The van der Waals surface area contributed by atoms with Gasteiger partial charge in [0.15, 0.2) is 5.96 Å². The number of rotatable bonds is 4. The number of anilines is 1. The van der Waals surface area contributed by atoms with Gasteiger partial charge in [-0.25, -0.2) is 4.98 Å². The van der Waals surface area contributed by atoms with Crippen LogP contribution in [0.5, 0.6) is 0 Å². The van der Waals surface area contributed by atoms with Gasteiger partial charge in [-0.2, -0.15) is 0 Å². The van der Waals surface area contributed by atoms with E-state index < -0.39 is 0 Å². The fraction of sp³-hybridized carbons (Fsp3) is 0.714. The van der Waals surface area contributed by atoms with Crippen molar-refractivity contribution >= 4 is 35.8 Å². The molecule has 6 nitrogen and oxygen atoms in total. The fourth-order valence-corrected chi connectivity index (χ4v) is 5.04. The van der Waals surface area contributed by atoms with Gasteiger partial charge < -0.3 is 20.3 Å². The Morgan fingerprint density at radius 2 is 2.04 bits per heavy atom. The van der Waals surface area contributed by atoms with Crippen molar-refractivity contribution in [3.8, 4) is 0 Å². The number of nitrogens with one attached hydrogen (secondary N) is 2. The Hall–Kier alpha value is -1.09. The number of hydrogen-bond acceptors (Lipinski definition) is 4. The highest BCUT2D eigenvalue weighted by Crippen LogP contribution is 2.52. The highest BCUT2D eigenvalue weighted by molar-refractivity contribution is 14.0. The highest BCUT2D eigenvalue weighted by atomic mass is 127. The molecule has 1 aromatic heterocycles. The van der Waals surface area contributed by atoms with Crippen molar-refractivity contribution in [3.05, 3.63) is 24.4 Å². The van der Waals surface area contributed by atoms with Gasteiger partial charge in [0.25, 0.3) is 0 Å². The smallest absolute Gasteiger partial charge is 0.191 e. The maximum Gasteiger partial charge on any atom is 0.191 e. The number of nitrogens with zero attached hydrogens (tertiary/aromatic N) is 3. The molecule has 3 aliphatic rings. The minimum absolute atomic E-state index is 0. The number of aromatic nitrogens is 1. The van der Waals surface area contributed by atoms with Gasteiger partial charge >= 0.3 is 0 Å². The number of guanidine groups is 1. The van der Waals surface area contributed by atoms with Crippen molar-refractivity contribution in [3.63, 3.8) is 0 Å². The Morgan fingerprint density at radius 1 is 1.25 bits per heavy atom. The van der Waals surface area contributed by atoms with Crippen LogP contribution in [0.15, 0.2) is 29.4 Å². The van der Waals surface area contributed by atoms with E-state index in [2.05, 4.69) is 53.4 Å². The summed E-state index contributed by atoms with van der Waals surface area (Å²) < 4.78 is 5.93. The quantitative estimate of drug-likeness (QED) is 0.379.